The lowest BCUT2D eigenvalue weighted by Crippen LogP contribution is -2.57. The minimum absolute atomic E-state index is 0.0348. The minimum atomic E-state index is -0.850. The quantitative estimate of drug-likeness (QED) is 0.0749. The molecule has 0 unspecified atom stereocenters. The van der Waals surface area contributed by atoms with Gasteiger partial charge in [0.25, 0.3) is 0 Å². The normalized spacial score (nSPS) is 17.8. The molecule has 0 spiro atoms. The molecular weight excluding hydrogens is 817 g/mol. The van der Waals surface area contributed by atoms with E-state index in [1.807, 2.05) is 80.5 Å². The van der Waals surface area contributed by atoms with Gasteiger partial charge in [0.15, 0.2) is 5.82 Å². The summed E-state index contributed by atoms with van der Waals surface area (Å²) in [6.45, 7) is 11.8. The SMILES string of the molecule is Cc1ncsc1-c1ccc(CNC(=O)[C@@H]2C[C@@H](O)CN2C(=O)[C@@H](NC(=O)CCCCCN2CCC(Cn3cc(-c4cc(-c5ccccc5O)nnc4N)cn3)CC2)C(C)(C)C)cc1. The summed E-state index contributed by atoms with van der Waals surface area (Å²) in [6.07, 6.45) is 8.10. The highest BCUT2D eigenvalue weighted by atomic mass is 32.1. The van der Waals surface area contributed by atoms with Gasteiger partial charge in [-0.1, -0.05) is 63.6 Å². The van der Waals surface area contributed by atoms with Crippen LogP contribution >= 0.6 is 11.3 Å². The number of unbranched alkanes of at least 4 members (excludes halogenated alkanes) is 2. The number of anilines is 1. The summed E-state index contributed by atoms with van der Waals surface area (Å²) in [6, 6.07) is 15.1. The predicted octanol–water partition coefficient (Wildman–Crippen LogP) is 5.81. The molecule has 0 aliphatic carbocycles. The molecule has 63 heavy (non-hydrogen) atoms. The highest BCUT2D eigenvalue weighted by Crippen LogP contribution is 2.33. The number of nitrogens with two attached hydrogens (primary N) is 1. The Bertz CT molecular complexity index is 2350. The van der Waals surface area contributed by atoms with E-state index < -0.39 is 23.6 Å². The molecule has 3 atom stereocenters. The molecule has 0 bridgehead atoms. The minimum Gasteiger partial charge on any atom is -0.507 e. The standard InChI is InChI=1S/C47H60N10O5S/c1-30-42(63-29-50-30)33-15-13-31(14-16-33)24-49-45(61)39-22-35(58)28-57(39)46(62)43(47(2,3)4)52-41(60)12-6-5-9-19-55-20-17-32(18-21-55)26-56-27-34(25-51-56)37-23-38(53-54-44(37)48)36-10-7-8-11-40(36)59/h7-8,10-11,13-16,23,25,27,29,32,35,39,43,58-59H,5-6,9,12,17-22,24,26,28H2,1-4H3,(H2,48,54)(H,49,61)(H,52,60)/t35-,39+,43-/m1/s1. The Morgan fingerprint density at radius 3 is 2.46 bits per heavy atom. The molecule has 6 N–H and O–H groups in total. The molecule has 3 amide bonds. The fraction of sp³-hybridized carbons (Fsp3) is 0.468. The van der Waals surface area contributed by atoms with E-state index in [0.717, 1.165) is 84.7 Å². The van der Waals surface area contributed by atoms with Crippen molar-refractivity contribution in [1.82, 2.24) is 45.4 Å². The maximum absolute atomic E-state index is 14.0. The van der Waals surface area contributed by atoms with Crippen molar-refractivity contribution in [2.24, 2.45) is 11.3 Å². The lowest BCUT2D eigenvalue weighted by Gasteiger charge is -2.35. The zero-order chi connectivity index (χ0) is 44.7. The number of carbonyl (C=O) groups is 3. The first-order chi connectivity index (χ1) is 30.2. The van der Waals surface area contributed by atoms with E-state index in [-0.39, 0.29) is 43.0 Å². The number of β-amino-alcohol motifs (C(OH)–C–C–N with tert-alkyl or cyclic N) is 1. The van der Waals surface area contributed by atoms with E-state index in [0.29, 0.717) is 35.8 Å². The summed E-state index contributed by atoms with van der Waals surface area (Å²) < 4.78 is 1.97. The third kappa shape index (κ3) is 11.5. The number of rotatable bonds is 16. The summed E-state index contributed by atoms with van der Waals surface area (Å²) in [5.41, 5.74) is 13.1. The van der Waals surface area contributed by atoms with Gasteiger partial charge in [0.1, 0.15) is 17.8 Å². The molecule has 5 heterocycles. The van der Waals surface area contributed by atoms with Gasteiger partial charge in [0.05, 0.1) is 34.1 Å². The van der Waals surface area contributed by atoms with E-state index in [4.69, 9.17) is 5.73 Å². The molecule has 2 fully saturated rings. The van der Waals surface area contributed by atoms with Crippen molar-refractivity contribution in [2.45, 2.75) is 104 Å². The molecule has 15 nitrogen and oxygen atoms in total. The number of thiazole rings is 1. The first-order valence-corrected chi connectivity index (χ1v) is 22.8. The average Bonchev–Trinajstić information content (AvgIpc) is 4.02. The fourth-order valence-electron chi connectivity index (χ4n) is 8.53. The lowest BCUT2D eigenvalue weighted by molar-refractivity contribution is -0.144. The number of carbonyl (C=O) groups excluding carboxylic acids is 3. The van der Waals surface area contributed by atoms with Crippen LogP contribution in [-0.2, 0) is 27.5 Å². The number of benzene rings is 2. The van der Waals surface area contributed by atoms with E-state index in [1.54, 1.807) is 35.7 Å². The van der Waals surface area contributed by atoms with Crippen molar-refractivity contribution in [2.75, 3.05) is 31.9 Å². The second-order valence-electron chi connectivity index (χ2n) is 18.0. The van der Waals surface area contributed by atoms with Crippen LogP contribution in [0.4, 0.5) is 5.82 Å². The van der Waals surface area contributed by atoms with Crippen molar-refractivity contribution in [3.63, 3.8) is 0 Å². The largest absolute Gasteiger partial charge is 0.507 e. The summed E-state index contributed by atoms with van der Waals surface area (Å²) in [5, 5.41) is 39.8. The van der Waals surface area contributed by atoms with E-state index in [1.165, 1.54) is 4.90 Å². The molecule has 0 radical (unpaired) electrons. The zero-order valence-electron chi connectivity index (χ0n) is 36.7. The number of aromatic nitrogens is 5. The van der Waals surface area contributed by atoms with Crippen LogP contribution in [0.3, 0.4) is 0 Å². The van der Waals surface area contributed by atoms with Crippen LogP contribution in [0.25, 0.3) is 32.8 Å². The number of phenols is 1. The zero-order valence-corrected chi connectivity index (χ0v) is 37.5. The molecule has 2 saturated heterocycles. The number of aliphatic hydroxyl groups is 1. The second kappa shape index (κ2) is 20.2. The van der Waals surface area contributed by atoms with Crippen molar-refractivity contribution in [3.05, 3.63) is 83.8 Å². The van der Waals surface area contributed by atoms with Crippen LogP contribution in [0, 0.1) is 18.3 Å². The smallest absolute Gasteiger partial charge is 0.246 e. The van der Waals surface area contributed by atoms with Gasteiger partial charge in [0, 0.05) is 55.4 Å². The third-order valence-electron chi connectivity index (χ3n) is 12.2. The monoisotopic (exact) mass is 876 g/mol. The number of hydrogen-bond donors (Lipinski definition) is 5. The van der Waals surface area contributed by atoms with Gasteiger partial charge >= 0.3 is 0 Å². The highest BCUT2D eigenvalue weighted by Gasteiger charge is 2.44. The van der Waals surface area contributed by atoms with Crippen LogP contribution in [0.2, 0.25) is 0 Å². The second-order valence-corrected chi connectivity index (χ2v) is 18.9. The first kappa shape index (κ1) is 45.3. The van der Waals surface area contributed by atoms with Gasteiger partial charge in [-0.2, -0.15) is 5.10 Å². The molecule has 16 heteroatoms. The Labute approximate surface area is 373 Å². The van der Waals surface area contributed by atoms with Crippen LogP contribution in [-0.4, -0.2) is 107 Å². The lowest BCUT2D eigenvalue weighted by atomic mass is 9.85. The van der Waals surface area contributed by atoms with Gasteiger partial charge in [-0.3, -0.25) is 19.1 Å². The molecule has 0 saturated carbocycles. The number of hydrogen-bond acceptors (Lipinski definition) is 12. The van der Waals surface area contributed by atoms with Crippen LogP contribution < -0.4 is 16.4 Å². The molecule has 2 aliphatic heterocycles. The molecule has 2 aromatic carbocycles. The average molecular weight is 877 g/mol. The Balaban J connectivity index is 0.819. The van der Waals surface area contributed by atoms with Gasteiger partial charge in [0.2, 0.25) is 17.7 Å². The van der Waals surface area contributed by atoms with Gasteiger partial charge in [-0.05, 0) is 92.9 Å². The number of para-hydroxylation sites is 1. The number of likely N-dealkylation sites (tertiary alicyclic amines) is 2. The first-order valence-electron chi connectivity index (χ1n) is 21.9. The maximum atomic E-state index is 14.0. The maximum Gasteiger partial charge on any atom is 0.246 e. The summed E-state index contributed by atoms with van der Waals surface area (Å²) in [4.78, 5) is 50.1. The van der Waals surface area contributed by atoms with Crippen molar-refractivity contribution >= 4 is 34.9 Å². The van der Waals surface area contributed by atoms with Crippen LogP contribution in [0.5, 0.6) is 5.75 Å². The third-order valence-corrected chi connectivity index (χ3v) is 13.2. The fourth-order valence-corrected chi connectivity index (χ4v) is 9.34. The topological polar surface area (TPSA) is 205 Å². The number of phenolic OH excluding ortho intramolecular Hbond substituents is 1. The Hall–Kier alpha value is -5.71. The van der Waals surface area contributed by atoms with Crippen molar-refractivity contribution in [3.8, 4) is 38.6 Å². The number of aliphatic hydroxyl groups excluding tert-OH is 1. The predicted molar refractivity (Wildman–Crippen MR) is 244 cm³/mol. The Morgan fingerprint density at radius 2 is 1.75 bits per heavy atom. The number of nitrogens with one attached hydrogen (secondary N) is 2. The number of piperidine rings is 1. The molecule has 2 aliphatic rings. The van der Waals surface area contributed by atoms with Crippen LogP contribution in [0.15, 0.2) is 72.5 Å². The Morgan fingerprint density at radius 1 is 0.984 bits per heavy atom. The van der Waals surface area contributed by atoms with Crippen molar-refractivity contribution < 1.29 is 24.6 Å². The number of aryl methyl sites for hydroxylation is 1. The summed E-state index contributed by atoms with van der Waals surface area (Å²) in [7, 11) is 0. The molecule has 3 aromatic heterocycles. The number of nitrogen functional groups attached to an aromatic ring is 1. The van der Waals surface area contributed by atoms with E-state index >= 15 is 0 Å². The van der Waals surface area contributed by atoms with Gasteiger partial charge in [-0.25, -0.2) is 4.98 Å². The number of amides is 3. The summed E-state index contributed by atoms with van der Waals surface area (Å²) >= 11 is 1.59. The van der Waals surface area contributed by atoms with Gasteiger partial charge in [-0.15, -0.1) is 21.5 Å². The van der Waals surface area contributed by atoms with E-state index in [9.17, 15) is 24.6 Å². The number of aromatic hydroxyl groups is 1. The number of nitrogens with zero attached hydrogens (tertiary/aromatic N) is 7. The van der Waals surface area contributed by atoms with E-state index in [2.05, 4.69) is 35.8 Å². The molecule has 7 rings (SSSR count). The molecule has 334 valence electrons. The summed E-state index contributed by atoms with van der Waals surface area (Å²) in [5.74, 6) is 0.0516. The molecule has 5 aromatic rings. The van der Waals surface area contributed by atoms with Crippen molar-refractivity contribution in [1.29, 1.82) is 0 Å². The van der Waals surface area contributed by atoms with Crippen LogP contribution in [0.1, 0.15) is 77.0 Å². The molecular formula is C47H60N10O5S. The Kier molecular flexibility index (Phi) is 14.5. The van der Waals surface area contributed by atoms with Gasteiger partial charge < -0.3 is 36.4 Å². The highest BCUT2D eigenvalue weighted by molar-refractivity contribution is 7.13.